The highest BCUT2D eigenvalue weighted by molar-refractivity contribution is 7.90. The lowest BCUT2D eigenvalue weighted by Gasteiger charge is -2.24. The summed E-state index contributed by atoms with van der Waals surface area (Å²) in [5.41, 5.74) is 2.70. The van der Waals surface area contributed by atoms with E-state index in [2.05, 4.69) is 0 Å². The molecule has 0 spiro atoms. The Kier molecular flexibility index (Phi) is 6.17. The Morgan fingerprint density at radius 3 is 1.85 bits per heavy atom. The molecule has 0 radical (unpaired) electrons. The first-order valence-corrected chi connectivity index (χ1v) is 11.0. The minimum atomic E-state index is -1.55. The summed E-state index contributed by atoms with van der Waals surface area (Å²) in [6.45, 7) is 3.85. The monoisotopic (exact) mass is 406 g/mol. The lowest BCUT2D eigenvalue weighted by molar-refractivity contribution is 0.105. The molecule has 1 aliphatic rings. The molecule has 1 fully saturated rings. The van der Waals surface area contributed by atoms with Gasteiger partial charge < -0.3 is 0 Å². The Labute approximate surface area is 165 Å². The first-order chi connectivity index (χ1) is 12.4. The molecule has 1 aliphatic carbocycles. The van der Waals surface area contributed by atoms with E-state index in [1.165, 1.54) is 0 Å². The zero-order chi connectivity index (χ0) is 18.8. The average Bonchev–Trinajstić information content (AvgIpc) is 3.09. The van der Waals surface area contributed by atoms with Crippen LogP contribution in [0.5, 0.6) is 0 Å². The van der Waals surface area contributed by atoms with Gasteiger partial charge in [0.1, 0.15) is 0 Å². The topological polar surface area (TPSA) is 34.1 Å². The van der Waals surface area contributed by atoms with E-state index in [1.807, 2.05) is 32.0 Å². The summed E-state index contributed by atoms with van der Waals surface area (Å²) >= 11 is 12.6. The highest BCUT2D eigenvalue weighted by Crippen LogP contribution is 2.55. The van der Waals surface area contributed by atoms with Crippen molar-refractivity contribution >= 4 is 42.2 Å². The molecule has 136 valence electrons. The summed E-state index contributed by atoms with van der Waals surface area (Å²) in [5.74, 6) is 0. The zero-order valence-corrected chi connectivity index (χ0v) is 17.3. The van der Waals surface area contributed by atoms with E-state index in [1.54, 1.807) is 18.2 Å². The Hall–Kier alpha value is -1.21. The van der Waals surface area contributed by atoms with Gasteiger partial charge in [-0.05, 0) is 55.6 Å². The minimum absolute atomic E-state index is 0.0384. The summed E-state index contributed by atoms with van der Waals surface area (Å²) in [6.07, 6.45) is 3.95. The molecule has 1 atom stereocenters. The molecule has 26 heavy (non-hydrogen) atoms. The van der Waals surface area contributed by atoms with Crippen molar-refractivity contribution in [2.24, 2.45) is 0 Å². The van der Waals surface area contributed by atoms with E-state index in [9.17, 15) is 9.59 Å². The van der Waals surface area contributed by atoms with Gasteiger partial charge in [-0.2, -0.15) is 0 Å². The summed E-state index contributed by atoms with van der Waals surface area (Å²) in [5, 5.41) is 0.643. The number of aryl methyl sites for hydroxylation is 2. The fourth-order valence-electron chi connectivity index (χ4n) is 3.68. The number of carbonyl (C=O) groups excluding carboxylic acids is 2. The van der Waals surface area contributed by atoms with Crippen LogP contribution in [0.25, 0.3) is 0 Å². The van der Waals surface area contributed by atoms with Gasteiger partial charge in [0.15, 0.2) is 11.0 Å². The highest BCUT2D eigenvalue weighted by Gasteiger charge is 2.39. The van der Waals surface area contributed by atoms with Crippen LogP contribution < -0.4 is 0 Å². The van der Waals surface area contributed by atoms with Gasteiger partial charge in [0.2, 0.25) is 0 Å². The maximum absolute atomic E-state index is 13.5. The molecular weight excluding hydrogens is 386 g/mol. The quantitative estimate of drug-likeness (QED) is 0.500. The molecular formula is C21H21Cl2O2P. The van der Waals surface area contributed by atoms with Crippen molar-refractivity contribution in [1.82, 2.24) is 0 Å². The molecule has 1 saturated carbocycles. The van der Waals surface area contributed by atoms with Crippen molar-refractivity contribution in [2.75, 3.05) is 0 Å². The predicted octanol–water partition coefficient (Wildman–Crippen LogP) is 7.02. The van der Waals surface area contributed by atoms with Crippen LogP contribution in [0.4, 0.5) is 0 Å². The number of halogens is 2. The number of benzene rings is 2. The van der Waals surface area contributed by atoms with E-state index >= 15 is 0 Å². The maximum atomic E-state index is 13.5. The predicted molar refractivity (Wildman–Crippen MR) is 110 cm³/mol. The van der Waals surface area contributed by atoms with E-state index in [0.29, 0.717) is 21.2 Å². The molecule has 0 N–H and O–H groups in total. The molecule has 2 nitrogen and oxygen atoms in total. The molecule has 0 amide bonds. The van der Waals surface area contributed by atoms with Crippen LogP contribution in [-0.2, 0) is 0 Å². The van der Waals surface area contributed by atoms with Gasteiger partial charge in [-0.25, -0.2) is 0 Å². The van der Waals surface area contributed by atoms with Crippen molar-refractivity contribution < 1.29 is 9.59 Å². The van der Waals surface area contributed by atoms with Crippen molar-refractivity contribution in [2.45, 2.75) is 45.2 Å². The molecule has 5 heteroatoms. The lowest BCUT2D eigenvalue weighted by atomic mass is 10.0. The summed E-state index contributed by atoms with van der Waals surface area (Å²) < 4.78 is 0. The number of hydrogen-bond donors (Lipinski definition) is 0. The smallest absolute Gasteiger partial charge is 0.195 e. The van der Waals surface area contributed by atoms with Crippen LogP contribution in [0.2, 0.25) is 10.0 Å². The Balaban J connectivity index is 2.09. The zero-order valence-electron chi connectivity index (χ0n) is 14.9. The standard InChI is InChI=1S/C21H21Cl2O2P/c1-13-7-5-8-14(2)18(13)20(24)26(15-9-3-4-10-15)21(25)19-16(22)11-6-12-17(19)23/h5-8,11-12,15H,3-4,9-10H2,1-2H3. The van der Waals surface area contributed by atoms with Crippen molar-refractivity contribution in [3.8, 4) is 0 Å². The number of rotatable bonds is 5. The Morgan fingerprint density at radius 2 is 1.31 bits per heavy atom. The third-order valence-electron chi connectivity index (χ3n) is 5.00. The lowest BCUT2D eigenvalue weighted by Crippen LogP contribution is -2.17. The fraction of sp³-hybridized carbons (Fsp3) is 0.333. The van der Waals surface area contributed by atoms with Crippen molar-refractivity contribution in [3.63, 3.8) is 0 Å². The van der Waals surface area contributed by atoms with Gasteiger partial charge in [-0.1, -0.05) is 60.3 Å². The molecule has 0 saturated heterocycles. The molecule has 2 aromatic rings. The summed E-state index contributed by atoms with van der Waals surface area (Å²) in [4.78, 5) is 27.0. The van der Waals surface area contributed by atoms with Gasteiger partial charge >= 0.3 is 0 Å². The van der Waals surface area contributed by atoms with Crippen LogP contribution >= 0.6 is 31.1 Å². The van der Waals surface area contributed by atoms with Crippen molar-refractivity contribution in [3.05, 3.63) is 68.7 Å². The summed E-state index contributed by atoms with van der Waals surface area (Å²) in [6, 6.07) is 10.8. The van der Waals surface area contributed by atoms with Gasteiger partial charge in [-0.15, -0.1) is 0 Å². The largest absolute Gasteiger partial charge is 0.289 e. The number of carbonyl (C=O) groups is 2. The maximum Gasteiger partial charge on any atom is 0.195 e. The first-order valence-electron chi connectivity index (χ1n) is 8.80. The van der Waals surface area contributed by atoms with Crippen molar-refractivity contribution in [1.29, 1.82) is 0 Å². The molecule has 2 aromatic carbocycles. The van der Waals surface area contributed by atoms with Crippen LogP contribution in [0, 0.1) is 13.8 Å². The molecule has 0 heterocycles. The van der Waals surface area contributed by atoms with E-state index in [0.717, 1.165) is 36.8 Å². The molecule has 3 rings (SSSR count). The van der Waals surface area contributed by atoms with Crippen LogP contribution in [0.15, 0.2) is 36.4 Å². The van der Waals surface area contributed by atoms with Gasteiger partial charge in [0.05, 0.1) is 15.6 Å². The molecule has 1 unspecified atom stereocenters. The van der Waals surface area contributed by atoms with Gasteiger partial charge in [-0.3, -0.25) is 9.59 Å². The average molecular weight is 407 g/mol. The molecule has 0 aliphatic heterocycles. The van der Waals surface area contributed by atoms with Gasteiger partial charge in [0.25, 0.3) is 0 Å². The van der Waals surface area contributed by atoms with Crippen LogP contribution in [0.3, 0.4) is 0 Å². The second-order valence-electron chi connectivity index (χ2n) is 6.78. The second-order valence-corrected chi connectivity index (χ2v) is 9.88. The summed E-state index contributed by atoms with van der Waals surface area (Å²) in [7, 11) is -1.55. The molecule has 0 bridgehead atoms. The SMILES string of the molecule is Cc1cccc(C)c1C(=O)P(C(=O)c1c(Cl)cccc1Cl)C1CCCC1. The van der Waals surface area contributed by atoms with Crippen LogP contribution in [0.1, 0.15) is 57.5 Å². The highest BCUT2D eigenvalue weighted by atomic mass is 35.5. The Bertz CT molecular complexity index is 753. The number of hydrogen-bond acceptors (Lipinski definition) is 2. The Morgan fingerprint density at radius 1 is 0.846 bits per heavy atom. The third kappa shape index (κ3) is 3.74. The van der Waals surface area contributed by atoms with E-state index < -0.39 is 7.92 Å². The molecule has 0 aromatic heterocycles. The van der Waals surface area contributed by atoms with Crippen LogP contribution in [-0.4, -0.2) is 16.7 Å². The van der Waals surface area contributed by atoms with E-state index in [-0.39, 0.29) is 16.7 Å². The second kappa shape index (κ2) is 8.21. The van der Waals surface area contributed by atoms with E-state index in [4.69, 9.17) is 23.2 Å². The van der Waals surface area contributed by atoms with Gasteiger partial charge in [0, 0.05) is 13.5 Å². The minimum Gasteiger partial charge on any atom is -0.289 e. The normalized spacial score (nSPS) is 15.8. The third-order valence-corrected chi connectivity index (χ3v) is 8.20. The fourth-order valence-corrected chi connectivity index (χ4v) is 7.19. The first kappa shape index (κ1) is 19.5.